The van der Waals surface area contributed by atoms with Crippen LogP contribution in [0.15, 0.2) is 24.3 Å². The molecule has 4 rings (SSSR count). The molecule has 1 aliphatic carbocycles. The Labute approximate surface area is 175 Å². The molecule has 2 saturated heterocycles. The molecule has 3 fully saturated rings. The van der Waals surface area contributed by atoms with Crippen LogP contribution >= 0.6 is 0 Å². The predicted octanol–water partition coefficient (Wildman–Crippen LogP) is 1.42. The third kappa shape index (κ3) is 4.79. The molecule has 0 aromatic heterocycles. The van der Waals surface area contributed by atoms with E-state index in [-0.39, 0.29) is 28.5 Å². The summed E-state index contributed by atoms with van der Waals surface area (Å²) in [6.07, 6.45) is 5.33. The minimum atomic E-state index is -0.368. The first-order valence-corrected chi connectivity index (χ1v) is 10.8. The number of nitrogens with zero attached hydrogens (tertiary/aromatic N) is 3. The number of amides is 2. The predicted molar refractivity (Wildman–Crippen MR) is 112 cm³/mol. The number of carbonyl (C=O) groups excluding carboxylic acids is 2. The second-order valence-electron chi connectivity index (χ2n) is 8.47. The lowest BCUT2D eigenvalue weighted by Crippen LogP contribution is -2.55. The van der Waals surface area contributed by atoms with Crippen molar-refractivity contribution in [1.29, 1.82) is 0 Å². The maximum absolute atomic E-state index is 11.9. The van der Waals surface area contributed by atoms with Crippen molar-refractivity contribution in [2.24, 2.45) is 0 Å². The Bertz CT molecular complexity index is 783. The van der Waals surface area contributed by atoms with Gasteiger partial charge in [0, 0.05) is 62.5 Å². The Morgan fingerprint density at radius 3 is 2.23 bits per heavy atom. The fourth-order valence-corrected chi connectivity index (χ4v) is 4.88. The molecule has 1 aromatic carbocycles. The van der Waals surface area contributed by atoms with Gasteiger partial charge in [-0.1, -0.05) is 0 Å². The highest BCUT2D eigenvalue weighted by molar-refractivity contribution is 6.00. The van der Waals surface area contributed by atoms with Gasteiger partial charge >= 0.3 is 0 Å². The fourth-order valence-electron chi connectivity index (χ4n) is 4.88. The number of piperazine rings is 1. The average Bonchev–Trinajstić information content (AvgIpc) is 2.76. The lowest BCUT2D eigenvalue weighted by Gasteiger charge is -2.43. The van der Waals surface area contributed by atoms with Crippen LogP contribution in [0.2, 0.25) is 0 Å². The van der Waals surface area contributed by atoms with Gasteiger partial charge in [0.2, 0.25) is 11.8 Å². The number of hydrogen-bond acceptors (Lipinski definition) is 7. The highest BCUT2D eigenvalue weighted by atomic mass is 16.6. The summed E-state index contributed by atoms with van der Waals surface area (Å²) in [6, 6.07) is 7.47. The molecule has 9 nitrogen and oxygen atoms in total. The van der Waals surface area contributed by atoms with Gasteiger partial charge in [-0.25, -0.2) is 0 Å². The molecule has 2 heterocycles. The molecule has 2 amide bonds. The Hall–Kier alpha value is -2.52. The van der Waals surface area contributed by atoms with Crippen LogP contribution in [0, 0.1) is 10.1 Å². The van der Waals surface area contributed by atoms with Crippen molar-refractivity contribution in [3.8, 4) is 0 Å². The van der Waals surface area contributed by atoms with Crippen molar-refractivity contribution in [2.75, 3.05) is 31.1 Å². The number of piperidine rings is 1. The van der Waals surface area contributed by atoms with Crippen molar-refractivity contribution >= 4 is 23.2 Å². The number of anilines is 1. The number of nitro benzene ring substituents is 1. The minimum Gasteiger partial charge on any atom is -0.369 e. The summed E-state index contributed by atoms with van der Waals surface area (Å²) < 4.78 is 0. The van der Waals surface area contributed by atoms with Crippen LogP contribution < -0.4 is 15.5 Å². The Balaban J connectivity index is 1.21. The van der Waals surface area contributed by atoms with Crippen LogP contribution in [0.25, 0.3) is 0 Å². The molecule has 1 aromatic rings. The lowest BCUT2D eigenvalue weighted by atomic mass is 9.88. The van der Waals surface area contributed by atoms with E-state index in [0.717, 1.165) is 57.5 Å². The molecule has 0 radical (unpaired) electrons. The Morgan fingerprint density at radius 2 is 1.63 bits per heavy atom. The number of rotatable bonds is 5. The van der Waals surface area contributed by atoms with Crippen molar-refractivity contribution in [1.82, 2.24) is 15.5 Å². The molecule has 0 spiro atoms. The molecule has 3 aliphatic rings. The van der Waals surface area contributed by atoms with Crippen LogP contribution in [0.4, 0.5) is 11.4 Å². The molecule has 0 bridgehead atoms. The summed E-state index contributed by atoms with van der Waals surface area (Å²) in [7, 11) is 0. The van der Waals surface area contributed by atoms with Crippen LogP contribution in [0.5, 0.6) is 0 Å². The zero-order chi connectivity index (χ0) is 21.1. The van der Waals surface area contributed by atoms with Gasteiger partial charge in [0.25, 0.3) is 5.69 Å². The molecule has 1 atom stereocenters. The third-order valence-electron chi connectivity index (χ3n) is 6.63. The van der Waals surface area contributed by atoms with Crippen LogP contribution in [-0.2, 0) is 9.59 Å². The first kappa shape index (κ1) is 20.7. The van der Waals surface area contributed by atoms with Gasteiger partial charge < -0.3 is 10.2 Å². The summed E-state index contributed by atoms with van der Waals surface area (Å²) >= 11 is 0. The van der Waals surface area contributed by atoms with Crippen LogP contribution in [0.1, 0.15) is 38.5 Å². The number of nitrogens with one attached hydrogen (secondary N) is 2. The monoisotopic (exact) mass is 415 g/mol. The summed E-state index contributed by atoms with van der Waals surface area (Å²) in [4.78, 5) is 38.5. The first-order valence-electron chi connectivity index (χ1n) is 10.8. The van der Waals surface area contributed by atoms with Gasteiger partial charge in [0.1, 0.15) is 0 Å². The van der Waals surface area contributed by atoms with E-state index >= 15 is 0 Å². The summed E-state index contributed by atoms with van der Waals surface area (Å²) in [5.41, 5.74) is 1.16. The van der Waals surface area contributed by atoms with E-state index in [4.69, 9.17) is 0 Å². The molecular weight excluding hydrogens is 386 g/mol. The Morgan fingerprint density at radius 1 is 0.967 bits per heavy atom. The van der Waals surface area contributed by atoms with E-state index in [1.54, 1.807) is 12.1 Å². The highest BCUT2D eigenvalue weighted by Crippen LogP contribution is 2.27. The molecule has 9 heteroatoms. The topological polar surface area (TPSA) is 108 Å². The maximum Gasteiger partial charge on any atom is 0.269 e. The van der Waals surface area contributed by atoms with Crippen LogP contribution in [0.3, 0.4) is 0 Å². The number of carbonyl (C=O) groups is 2. The van der Waals surface area contributed by atoms with Gasteiger partial charge in [-0.05, 0) is 44.2 Å². The fraction of sp³-hybridized carbons (Fsp3) is 0.619. The lowest BCUT2D eigenvalue weighted by molar-refractivity contribution is -0.384. The quantitative estimate of drug-likeness (QED) is 0.425. The van der Waals surface area contributed by atoms with Gasteiger partial charge in [-0.3, -0.25) is 29.9 Å². The molecule has 1 saturated carbocycles. The molecule has 1 unspecified atom stereocenters. The smallest absolute Gasteiger partial charge is 0.269 e. The van der Waals surface area contributed by atoms with Crippen molar-refractivity contribution < 1.29 is 14.5 Å². The average molecular weight is 415 g/mol. The van der Waals surface area contributed by atoms with E-state index in [9.17, 15) is 19.7 Å². The second kappa shape index (κ2) is 9.09. The summed E-state index contributed by atoms with van der Waals surface area (Å²) in [5, 5.41) is 16.7. The van der Waals surface area contributed by atoms with Crippen molar-refractivity contribution in [2.45, 2.75) is 56.7 Å². The minimum absolute atomic E-state index is 0.125. The SMILES string of the molecule is O=C1CCC(NC2CCC(N3CCN(c4ccc([N+](=O)[O-])cc4)CC3)CC2)C(=O)N1. The first-order chi connectivity index (χ1) is 14.5. The van der Waals surface area contributed by atoms with Gasteiger partial charge in [-0.15, -0.1) is 0 Å². The molecule has 162 valence electrons. The standard InChI is InChI=1S/C21H29N5O4/c27-20-10-9-19(21(28)23-20)22-15-1-3-16(4-2-15)24-11-13-25(14-12-24)17-5-7-18(8-6-17)26(29)30/h5-8,15-16,19,22H,1-4,9-14H2,(H,23,27,28). The highest BCUT2D eigenvalue weighted by Gasteiger charge is 2.32. The number of nitro groups is 1. The van der Waals surface area contributed by atoms with E-state index in [1.165, 1.54) is 0 Å². The van der Waals surface area contributed by atoms with E-state index in [0.29, 0.717) is 24.9 Å². The molecule has 2 N–H and O–H groups in total. The van der Waals surface area contributed by atoms with E-state index < -0.39 is 0 Å². The molecule has 2 aliphatic heterocycles. The van der Waals surface area contributed by atoms with Gasteiger partial charge in [0.15, 0.2) is 0 Å². The zero-order valence-electron chi connectivity index (χ0n) is 17.1. The largest absolute Gasteiger partial charge is 0.369 e. The number of hydrogen-bond donors (Lipinski definition) is 2. The third-order valence-corrected chi connectivity index (χ3v) is 6.63. The van der Waals surface area contributed by atoms with E-state index in [1.807, 2.05) is 12.1 Å². The summed E-state index contributed by atoms with van der Waals surface area (Å²) in [6.45, 7) is 3.83. The zero-order valence-corrected chi connectivity index (χ0v) is 17.1. The number of imide groups is 1. The maximum atomic E-state index is 11.9. The van der Waals surface area contributed by atoms with Gasteiger partial charge in [-0.2, -0.15) is 0 Å². The molecular formula is C21H29N5O4. The number of non-ortho nitro benzene ring substituents is 1. The second-order valence-corrected chi connectivity index (χ2v) is 8.47. The normalized spacial score (nSPS) is 28.3. The molecule has 30 heavy (non-hydrogen) atoms. The number of benzene rings is 1. The summed E-state index contributed by atoms with van der Waals surface area (Å²) in [5.74, 6) is -0.356. The van der Waals surface area contributed by atoms with Crippen molar-refractivity contribution in [3.63, 3.8) is 0 Å². The van der Waals surface area contributed by atoms with E-state index in [2.05, 4.69) is 20.4 Å². The Kier molecular flexibility index (Phi) is 6.29. The van der Waals surface area contributed by atoms with Crippen molar-refractivity contribution in [3.05, 3.63) is 34.4 Å². The van der Waals surface area contributed by atoms with Crippen LogP contribution in [-0.4, -0.2) is 65.9 Å². The van der Waals surface area contributed by atoms with Gasteiger partial charge in [0.05, 0.1) is 11.0 Å².